The smallest absolute Gasteiger partial charge is 0.156 e. The molecule has 0 aliphatic carbocycles. The molecule has 5 nitrogen and oxygen atoms in total. The van der Waals surface area contributed by atoms with Crippen molar-refractivity contribution in [2.75, 3.05) is 11.9 Å². The van der Waals surface area contributed by atoms with Crippen molar-refractivity contribution in [2.24, 2.45) is 0 Å². The molecule has 0 fully saturated rings. The van der Waals surface area contributed by atoms with Gasteiger partial charge in [-0.15, -0.1) is 0 Å². The SMILES string of the molecule is CCn1nc(C)c2nc(C(C)C)nc(NCCc3ccccc3)c21. The van der Waals surface area contributed by atoms with Gasteiger partial charge in [-0.05, 0) is 25.8 Å². The van der Waals surface area contributed by atoms with Crippen LogP contribution in [0.25, 0.3) is 11.0 Å². The number of benzene rings is 1. The van der Waals surface area contributed by atoms with E-state index >= 15 is 0 Å². The fourth-order valence-corrected chi connectivity index (χ4v) is 2.83. The van der Waals surface area contributed by atoms with E-state index in [2.05, 4.69) is 55.5 Å². The summed E-state index contributed by atoms with van der Waals surface area (Å²) < 4.78 is 1.99. The van der Waals surface area contributed by atoms with Crippen LogP contribution in [-0.4, -0.2) is 26.3 Å². The van der Waals surface area contributed by atoms with E-state index in [1.54, 1.807) is 0 Å². The Kier molecular flexibility index (Phi) is 4.79. The van der Waals surface area contributed by atoms with Crippen LogP contribution < -0.4 is 5.32 Å². The Bertz CT molecular complexity index is 821. The molecule has 0 amide bonds. The quantitative estimate of drug-likeness (QED) is 0.746. The summed E-state index contributed by atoms with van der Waals surface area (Å²) in [7, 11) is 0. The Morgan fingerprint density at radius 2 is 1.88 bits per heavy atom. The predicted molar refractivity (Wildman–Crippen MR) is 98.5 cm³/mol. The molecule has 3 aromatic rings. The van der Waals surface area contributed by atoms with Crippen molar-refractivity contribution in [1.29, 1.82) is 0 Å². The first kappa shape index (κ1) is 16.4. The highest BCUT2D eigenvalue weighted by molar-refractivity contribution is 5.87. The largest absolute Gasteiger partial charge is 0.368 e. The highest BCUT2D eigenvalue weighted by atomic mass is 15.3. The van der Waals surface area contributed by atoms with Gasteiger partial charge in [0.15, 0.2) is 5.82 Å². The van der Waals surface area contributed by atoms with Crippen molar-refractivity contribution in [3.8, 4) is 0 Å². The van der Waals surface area contributed by atoms with Crippen LogP contribution in [-0.2, 0) is 13.0 Å². The van der Waals surface area contributed by atoms with Crippen LogP contribution in [0.3, 0.4) is 0 Å². The summed E-state index contributed by atoms with van der Waals surface area (Å²) in [6.45, 7) is 9.99. The molecule has 0 saturated heterocycles. The van der Waals surface area contributed by atoms with Gasteiger partial charge in [0.1, 0.15) is 16.9 Å². The summed E-state index contributed by atoms with van der Waals surface area (Å²) >= 11 is 0. The van der Waals surface area contributed by atoms with E-state index in [0.717, 1.165) is 47.9 Å². The molecule has 0 bridgehead atoms. The van der Waals surface area contributed by atoms with E-state index in [9.17, 15) is 0 Å². The third kappa shape index (κ3) is 3.25. The zero-order valence-electron chi connectivity index (χ0n) is 14.9. The second-order valence-corrected chi connectivity index (χ2v) is 6.35. The first-order valence-corrected chi connectivity index (χ1v) is 8.63. The Morgan fingerprint density at radius 3 is 2.54 bits per heavy atom. The highest BCUT2D eigenvalue weighted by Crippen LogP contribution is 2.25. The van der Waals surface area contributed by atoms with Crippen LogP contribution in [0.15, 0.2) is 30.3 Å². The van der Waals surface area contributed by atoms with Gasteiger partial charge < -0.3 is 5.32 Å². The van der Waals surface area contributed by atoms with Crippen molar-refractivity contribution < 1.29 is 0 Å². The summed E-state index contributed by atoms with van der Waals surface area (Å²) in [5.74, 6) is 2.04. The third-order valence-corrected chi connectivity index (χ3v) is 4.14. The zero-order chi connectivity index (χ0) is 17.1. The maximum absolute atomic E-state index is 4.77. The topological polar surface area (TPSA) is 55.6 Å². The lowest BCUT2D eigenvalue weighted by molar-refractivity contribution is 0.675. The van der Waals surface area contributed by atoms with E-state index in [0.29, 0.717) is 0 Å². The minimum atomic E-state index is 0.286. The second kappa shape index (κ2) is 6.99. The monoisotopic (exact) mass is 323 g/mol. The number of hydrogen-bond donors (Lipinski definition) is 1. The molecule has 1 aromatic carbocycles. The van der Waals surface area contributed by atoms with Gasteiger partial charge in [-0.1, -0.05) is 44.2 Å². The summed E-state index contributed by atoms with van der Waals surface area (Å²) in [6.07, 6.45) is 0.961. The first-order chi connectivity index (χ1) is 11.6. The lowest BCUT2D eigenvalue weighted by Gasteiger charge is -2.12. The lowest BCUT2D eigenvalue weighted by atomic mass is 10.1. The van der Waals surface area contributed by atoms with Gasteiger partial charge in [0.05, 0.1) is 5.69 Å². The Balaban J connectivity index is 1.92. The first-order valence-electron chi connectivity index (χ1n) is 8.63. The number of nitrogens with zero attached hydrogens (tertiary/aromatic N) is 4. The molecule has 5 heteroatoms. The van der Waals surface area contributed by atoms with Crippen molar-refractivity contribution >= 4 is 16.9 Å². The summed E-state index contributed by atoms with van der Waals surface area (Å²) in [5.41, 5.74) is 4.24. The fraction of sp³-hybridized carbons (Fsp3) is 0.421. The number of aryl methyl sites for hydroxylation is 2. The van der Waals surface area contributed by atoms with Crippen LogP contribution in [0.5, 0.6) is 0 Å². The van der Waals surface area contributed by atoms with Crippen LogP contribution in [0.1, 0.15) is 43.8 Å². The van der Waals surface area contributed by atoms with E-state index < -0.39 is 0 Å². The van der Waals surface area contributed by atoms with Crippen LogP contribution in [0.2, 0.25) is 0 Å². The number of rotatable bonds is 6. The van der Waals surface area contributed by atoms with Crippen molar-refractivity contribution in [2.45, 2.75) is 46.6 Å². The number of aromatic nitrogens is 4. The van der Waals surface area contributed by atoms with Crippen LogP contribution >= 0.6 is 0 Å². The number of hydrogen-bond acceptors (Lipinski definition) is 4. The highest BCUT2D eigenvalue weighted by Gasteiger charge is 2.17. The number of fused-ring (bicyclic) bond motifs is 1. The molecular formula is C19H25N5. The van der Waals surface area contributed by atoms with Crippen LogP contribution in [0, 0.1) is 6.92 Å². The molecule has 24 heavy (non-hydrogen) atoms. The zero-order valence-corrected chi connectivity index (χ0v) is 14.9. The minimum absolute atomic E-state index is 0.286. The second-order valence-electron chi connectivity index (χ2n) is 6.35. The molecule has 3 rings (SSSR count). The van der Waals surface area contributed by atoms with Gasteiger partial charge >= 0.3 is 0 Å². The van der Waals surface area contributed by atoms with E-state index in [4.69, 9.17) is 9.97 Å². The maximum atomic E-state index is 4.77. The molecule has 0 unspecified atom stereocenters. The van der Waals surface area contributed by atoms with Crippen molar-refractivity contribution in [1.82, 2.24) is 19.7 Å². The minimum Gasteiger partial charge on any atom is -0.368 e. The van der Waals surface area contributed by atoms with Crippen molar-refractivity contribution in [3.63, 3.8) is 0 Å². The average Bonchev–Trinajstić information content (AvgIpc) is 2.92. The average molecular weight is 323 g/mol. The van der Waals surface area contributed by atoms with E-state index in [1.165, 1.54) is 5.56 Å². The number of nitrogens with one attached hydrogen (secondary N) is 1. The van der Waals surface area contributed by atoms with Gasteiger partial charge in [0.25, 0.3) is 0 Å². The predicted octanol–water partition coefficient (Wildman–Crippen LogP) is 3.93. The third-order valence-electron chi connectivity index (χ3n) is 4.14. The van der Waals surface area contributed by atoms with Gasteiger partial charge in [0.2, 0.25) is 0 Å². The molecule has 0 saturated carbocycles. The number of anilines is 1. The van der Waals surface area contributed by atoms with E-state index in [1.807, 2.05) is 17.7 Å². The molecule has 1 N–H and O–H groups in total. The van der Waals surface area contributed by atoms with Gasteiger partial charge in [0, 0.05) is 19.0 Å². The fourth-order valence-electron chi connectivity index (χ4n) is 2.83. The molecule has 0 aliphatic heterocycles. The van der Waals surface area contributed by atoms with Gasteiger partial charge in [-0.2, -0.15) is 5.10 Å². The normalized spacial score (nSPS) is 11.4. The summed E-state index contributed by atoms with van der Waals surface area (Å²) in [4.78, 5) is 9.51. The van der Waals surface area contributed by atoms with Gasteiger partial charge in [-0.25, -0.2) is 9.97 Å². The molecule has 2 heterocycles. The molecule has 126 valence electrons. The molecule has 0 aliphatic rings. The van der Waals surface area contributed by atoms with Crippen molar-refractivity contribution in [3.05, 3.63) is 47.4 Å². The molecule has 2 aromatic heterocycles. The standard InChI is InChI=1S/C19H25N5/c1-5-24-17-16(14(4)23-24)21-18(13(2)3)22-19(17)20-12-11-15-9-7-6-8-10-15/h6-10,13H,5,11-12H2,1-4H3,(H,20,21,22). The molecule has 0 radical (unpaired) electrons. The van der Waals surface area contributed by atoms with Gasteiger partial charge in [-0.3, -0.25) is 4.68 Å². The maximum Gasteiger partial charge on any atom is 0.156 e. The van der Waals surface area contributed by atoms with E-state index in [-0.39, 0.29) is 5.92 Å². The summed E-state index contributed by atoms with van der Waals surface area (Å²) in [6, 6.07) is 10.5. The molecular weight excluding hydrogens is 298 g/mol. The Labute approximate surface area is 143 Å². The Hall–Kier alpha value is -2.43. The summed E-state index contributed by atoms with van der Waals surface area (Å²) in [5, 5.41) is 8.12. The molecule has 0 atom stereocenters. The lowest BCUT2D eigenvalue weighted by Crippen LogP contribution is -2.11. The molecule has 0 spiro atoms. The Morgan fingerprint density at radius 1 is 1.12 bits per heavy atom. The van der Waals surface area contributed by atoms with Crippen LogP contribution in [0.4, 0.5) is 5.82 Å².